The second-order valence-corrected chi connectivity index (χ2v) is 6.29. The molecule has 5 nitrogen and oxygen atoms in total. The largest absolute Gasteiger partial charge is 0.322 e. The second-order valence-electron chi connectivity index (χ2n) is 6.29. The van der Waals surface area contributed by atoms with E-state index in [0.717, 1.165) is 17.0 Å². The Balaban J connectivity index is 1.52. The van der Waals surface area contributed by atoms with Crippen LogP contribution < -0.4 is 15.1 Å². The molecule has 1 heterocycles. The quantitative estimate of drug-likeness (QED) is 0.847. The van der Waals surface area contributed by atoms with Crippen molar-refractivity contribution in [2.75, 3.05) is 36.9 Å². The van der Waals surface area contributed by atoms with Crippen molar-refractivity contribution in [3.63, 3.8) is 0 Å². The third-order valence-electron chi connectivity index (χ3n) is 4.23. The van der Waals surface area contributed by atoms with E-state index in [4.69, 9.17) is 0 Å². The van der Waals surface area contributed by atoms with E-state index in [9.17, 15) is 14.0 Å². The van der Waals surface area contributed by atoms with E-state index in [1.165, 1.54) is 29.8 Å². The maximum Gasteiger partial charge on any atom is 0.282 e. The molecule has 0 fully saturated rings. The molecular weight excluding hydrogens is 321 g/mol. The zero-order valence-corrected chi connectivity index (χ0v) is 14.1. The number of nitrogens with one attached hydrogen (secondary N) is 2. The Morgan fingerprint density at radius 2 is 1.84 bits per heavy atom. The fourth-order valence-corrected chi connectivity index (χ4v) is 3.03. The molecule has 3 rings (SSSR count). The number of rotatable bonds is 5. The van der Waals surface area contributed by atoms with Gasteiger partial charge in [-0.25, -0.2) is 4.39 Å². The van der Waals surface area contributed by atoms with Crippen LogP contribution in [0.25, 0.3) is 0 Å². The van der Waals surface area contributed by atoms with E-state index >= 15 is 0 Å². The molecule has 2 aromatic rings. The number of hydrogen-bond donors (Lipinski definition) is 2. The molecule has 0 saturated carbocycles. The first-order valence-corrected chi connectivity index (χ1v) is 8.28. The van der Waals surface area contributed by atoms with Crippen molar-refractivity contribution < 1.29 is 18.9 Å². The Morgan fingerprint density at radius 3 is 2.60 bits per heavy atom. The molecule has 2 N–H and O–H groups in total. The molecule has 0 aliphatic carbocycles. The van der Waals surface area contributed by atoms with Crippen molar-refractivity contribution in [3.05, 3.63) is 59.9 Å². The Kier molecular flexibility index (Phi) is 5.09. The minimum absolute atomic E-state index is 0.0111. The lowest BCUT2D eigenvalue weighted by Crippen LogP contribution is -3.11. The number of para-hydroxylation sites is 1. The van der Waals surface area contributed by atoms with Crippen molar-refractivity contribution in [1.29, 1.82) is 0 Å². The van der Waals surface area contributed by atoms with Gasteiger partial charge in [-0.15, -0.1) is 0 Å². The van der Waals surface area contributed by atoms with Gasteiger partial charge in [0, 0.05) is 17.9 Å². The number of halogens is 1. The zero-order valence-electron chi connectivity index (χ0n) is 14.1. The summed E-state index contributed by atoms with van der Waals surface area (Å²) in [6, 6.07) is 13.5. The van der Waals surface area contributed by atoms with Gasteiger partial charge in [0.1, 0.15) is 5.82 Å². The van der Waals surface area contributed by atoms with Gasteiger partial charge in [0.25, 0.3) is 11.8 Å². The first-order chi connectivity index (χ1) is 12.0. The van der Waals surface area contributed by atoms with Gasteiger partial charge >= 0.3 is 0 Å². The van der Waals surface area contributed by atoms with Gasteiger partial charge < -0.3 is 15.1 Å². The van der Waals surface area contributed by atoms with E-state index in [-0.39, 0.29) is 30.7 Å². The highest BCUT2D eigenvalue weighted by molar-refractivity contribution is 5.96. The topological polar surface area (TPSA) is 53.9 Å². The lowest BCUT2D eigenvalue weighted by Gasteiger charge is -2.20. The SMILES string of the molecule is C[NH+](CC(=O)Nc1ccc(F)cc1)CC(=O)N1CCc2ccccc21. The highest BCUT2D eigenvalue weighted by atomic mass is 19.1. The van der Waals surface area contributed by atoms with Gasteiger partial charge in [0.2, 0.25) is 0 Å². The molecule has 0 spiro atoms. The van der Waals surface area contributed by atoms with E-state index in [1.54, 1.807) is 4.90 Å². The number of fused-ring (bicyclic) bond motifs is 1. The third-order valence-corrected chi connectivity index (χ3v) is 4.23. The van der Waals surface area contributed by atoms with Gasteiger partial charge in [0.05, 0.1) is 7.05 Å². The fourth-order valence-electron chi connectivity index (χ4n) is 3.03. The number of benzene rings is 2. The van der Waals surface area contributed by atoms with E-state index in [0.29, 0.717) is 12.2 Å². The predicted molar refractivity (Wildman–Crippen MR) is 94.1 cm³/mol. The lowest BCUT2D eigenvalue weighted by atomic mass is 10.2. The van der Waals surface area contributed by atoms with Crippen LogP contribution in [0.5, 0.6) is 0 Å². The van der Waals surface area contributed by atoms with Crippen LogP contribution >= 0.6 is 0 Å². The van der Waals surface area contributed by atoms with Gasteiger partial charge in [-0.05, 0) is 42.3 Å². The molecule has 6 heteroatoms. The van der Waals surface area contributed by atoms with Crippen LogP contribution in [-0.2, 0) is 16.0 Å². The number of carbonyl (C=O) groups is 2. The van der Waals surface area contributed by atoms with E-state index in [1.807, 2.05) is 31.3 Å². The Hall–Kier alpha value is -2.73. The highest BCUT2D eigenvalue weighted by Crippen LogP contribution is 2.26. The molecule has 1 atom stereocenters. The smallest absolute Gasteiger partial charge is 0.282 e. The molecule has 2 aromatic carbocycles. The molecule has 0 bridgehead atoms. The van der Waals surface area contributed by atoms with Crippen molar-refractivity contribution in [1.82, 2.24) is 0 Å². The third kappa shape index (κ3) is 4.22. The Morgan fingerprint density at radius 1 is 1.12 bits per heavy atom. The monoisotopic (exact) mass is 342 g/mol. The predicted octanol–water partition coefficient (Wildman–Crippen LogP) is 0.868. The minimum Gasteiger partial charge on any atom is -0.322 e. The second kappa shape index (κ2) is 7.44. The van der Waals surface area contributed by atoms with Gasteiger partial charge in [0.15, 0.2) is 13.1 Å². The van der Waals surface area contributed by atoms with Crippen molar-refractivity contribution >= 4 is 23.2 Å². The summed E-state index contributed by atoms with van der Waals surface area (Å²) in [7, 11) is 1.81. The fraction of sp³-hybridized carbons (Fsp3) is 0.263. The number of anilines is 2. The molecule has 25 heavy (non-hydrogen) atoms. The molecule has 130 valence electrons. The molecule has 1 aliphatic heterocycles. The number of amides is 2. The number of carbonyl (C=O) groups excluding carboxylic acids is 2. The molecule has 0 aromatic heterocycles. The van der Waals surface area contributed by atoms with E-state index < -0.39 is 0 Å². The van der Waals surface area contributed by atoms with Crippen LogP contribution in [0.1, 0.15) is 5.56 Å². The average Bonchev–Trinajstić information content (AvgIpc) is 3.01. The van der Waals surface area contributed by atoms with Crippen molar-refractivity contribution in [3.8, 4) is 0 Å². The van der Waals surface area contributed by atoms with Gasteiger partial charge in [-0.3, -0.25) is 9.59 Å². The molecule has 0 radical (unpaired) electrons. The lowest BCUT2D eigenvalue weighted by molar-refractivity contribution is -0.862. The summed E-state index contributed by atoms with van der Waals surface area (Å²) in [5.41, 5.74) is 2.69. The van der Waals surface area contributed by atoms with E-state index in [2.05, 4.69) is 5.32 Å². The standard InChI is InChI=1S/C19H20FN3O2/c1-22(12-18(24)21-16-8-6-15(20)7-9-16)13-19(25)23-11-10-14-4-2-3-5-17(14)23/h2-9H,10-13H2,1H3,(H,21,24)/p+1. The van der Waals surface area contributed by atoms with Gasteiger partial charge in [-0.2, -0.15) is 0 Å². The summed E-state index contributed by atoms with van der Waals surface area (Å²) in [4.78, 5) is 27.2. The summed E-state index contributed by atoms with van der Waals surface area (Å²) in [6.07, 6.45) is 0.867. The molecule has 1 aliphatic rings. The molecule has 0 saturated heterocycles. The number of likely N-dealkylation sites (N-methyl/N-ethyl adjacent to an activating group) is 1. The Labute approximate surface area is 146 Å². The minimum atomic E-state index is -0.350. The maximum atomic E-state index is 12.9. The highest BCUT2D eigenvalue weighted by Gasteiger charge is 2.26. The molecule has 1 unspecified atom stereocenters. The first kappa shape index (κ1) is 17.1. The van der Waals surface area contributed by atoms with Crippen LogP contribution in [0.15, 0.2) is 48.5 Å². The molecular formula is C19H21FN3O2+. The maximum absolute atomic E-state index is 12.9. The number of quaternary nitrogens is 1. The summed E-state index contributed by atoms with van der Waals surface area (Å²) in [6.45, 7) is 1.09. The normalized spacial score (nSPS) is 14.1. The van der Waals surface area contributed by atoms with Crippen LogP contribution in [0, 0.1) is 5.82 Å². The van der Waals surface area contributed by atoms with Crippen LogP contribution in [0.3, 0.4) is 0 Å². The average molecular weight is 342 g/mol. The summed E-state index contributed by atoms with van der Waals surface area (Å²) in [5, 5.41) is 2.71. The van der Waals surface area contributed by atoms with Crippen molar-refractivity contribution in [2.24, 2.45) is 0 Å². The number of hydrogen-bond acceptors (Lipinski definition) is 2. The summed E-state index contributed by atoms with van der Waals surface area (Å²) >= 11 is 0. The zero-order chi connectivity index (χ0) is 17.8. The van der Waals surface area contributed by atoms with Crippen LogP contribution in [0.4, 0.5) is 15.8 Å². The summed E-state index contributed by atoms with van der Waals surface area (Å²) < 4.78 is 12.9. The number of nitrogens with zero attached hydrogens (tertiary/aromatic N) is 1. The van der Waals surface area contributed by atoms with Crippen LogP contribution in [-0.4, -0.2) is 38.5 Å². The summed E-state index contributed by atoms with van der Waals surface area (Å²) in [5.74, 6) is -0.548. The van der Waals surface area contributed by atoms with Crippen LogP contribution in [0.2, 0.25) is 0 Å². The Bertz CT molecular complexity index is 776. The van der Waals surface area contributed by atoms with Gasteiger partial charge in [-0.1, -0.05) is 18.2 Å². The van der Waals surface area contributed by atoms with Crippen molar-refractivity contribution in [2.45, 2.75) is 6.42 Å². The first-order valence-electron chi connectivity index (χ1n) is 8.28. The molecule has 2 amide bonds.